The summed E-state index contributed by atoms with van der Waals surface area (Å²) >= 11 is 0. The molecule has 282 valence electrons. The quantitative estimate of drug-likeness (QED) is 0.128. The van der Waals surface area contributed by atoms with Gasteiger partial charge in [-0.3, -0.25) is 0 Å². The van der Waals surface area contributed by atoms with Gasteiger partial charge in [0.2, 0.25) is 0 Å². The van der Waals surface area contributed by atoms with E-state index in [1.165, 1.54) is 109 Å². The maximum atomic E-state index is 6.58. The number of rotatable bonds is 4. The molecule has 0 aliphatic heterocycles. The summed E-state index contributed by atoms with van der Waals surface area (Å²) in [6, 6.07) is 80.0. The lowest BCUT2D eigenvalue weighted by molar-refractivity contribution is 0.669. The summed E-state index contributed by atoms with van der Waals surface area (Å²) in [6.45, 7) is 0. The third-order valence-corrected chi connectivity index (χ3v) is 13.0. The summed E-state index contributed by atoms with van der Waals surface area (Å²) in [6.07, 6.45) is 0. The largest absolute Gasteiger partial charge is 0.456 e. The van der Waals surface area contributed by atoms with Crippen molar-refractivity contribution in [1.29, 1.82) is 0 Å². The molecule has 0 N–H and O–H groups in total. The summed E-state index contributed by atoms with van der Waals surface area (Å²) in [4.78, 5) is 0. The van der Waals surface area contributed by atoms with Crippen LogP contribution in [0.5, 0.6) is 0 Å². The van der Waals surface area contributed by atoms with E-state index in [9.17, 15) is 0 Å². The fourth-order valence-corrected chi connectivity index (χ4v) is 10.3. The van der Waals surface area contributed by atoms with Crippen LogP contribution in [-0.4, -0.2) is 0 Å². The van der Waals surface area contributed by atoms with Crippen LogP contribution in [0.2, 0.25) is 0 Å². The van der Waals surface area contributed by atoms with E-state index >= 15 is 0 Å². The van der Waals surface area contributed by atoms with Crippen molar-refractivity contribution in [2.24, 2.45) is 0 Å². The first kappa shape index (κ1) is 33.9. The molecule has 0 saturated carbocycles. The Morgan fingerprint density at radius 3 is 1.28 bits per heavy atom. The topological polar surface area (TPSA) is 13.1 Å². The molecule has 0 aliphatic carbocycles. The first-order valence-corrected chi connectivity index (χ1v) is 21.1. The molecule has 1 aromatic heterocycles. The van der Waals surface area contributed by atoms with Crippen molar-refractivity contribution >= 4 is 86.6 Å². The van der Waals surface area contributed by atoms with Gasteiger partial charge in [0.25, 0.3) is 0 Å². The van der Waals surface area contributed by atoms with E-state index in [2.05, 4.69) is 218 Å². The van der Waals surface area contributed by atoms with Crippen molar-refractivity contribution in [3.05, 3.63) is 218 Å². The minimum atomic E-state index is 0.905. The van der Waals surface area contributed by atoms with Gasteiger partial charge >= 0.3 is 0 Å². The number of benzene rings is 12. The van der Waals surface area contributed by atoms with Crippen LogP contribution >= 0.6 is 0 Å². The highest BCUT2D eigenvalue weighted by molar-refractivity contribution is 6.26. The number of hydrogen-bond donors (Lipinski definition) is 0. The van der Waals surface area contributed by atoms with Crippen LogP contribution in [-0.2, 0) is 0 Å². The lowest BCUT2D eigenvalue weighted by Crippen LogP contribution is -1.91. The average Bonchev–Trinajstić information content (AvgIpc) is 3.72. The fourth-order valence-electron chi connectivity index (χ4n) is 10.3. The van der Waals surface area contributed by atoms with Crippen molar-refractivity contribution in [1.82, 2.24) is 0 Å². The standard InChI is InChI=1S/C60H36O/c1-2-16-44-37(13-1)31-34-56-60(44)54-33-30-41(36-57(54)61-56)59-52-23-11-9-21-50(52)58(51-22-10-12-24-53(51)59)39-27-25-38(26-28-39)42-14-3-4-15-43(42)40-29-32-49-47-19-6-5-17-45(47)46-18-7-8-20-48(46)55(49)35-40/h1-36H. The Kier molecular flexibility index (Phi) is 7.37. The molecule has 0 atom stereocenters. The van der Waals surface area contributed by atoms with E-state index in [1.54, 1.807) is 0 Å². The zero-order valence-electron chi connectivity index (χ0n) is 33.2. The summed E-state index contributed by atoms with van der Waals surface area (Å²) in [5, 5.41) is 17.4. The van der Waals surface area contributed by atoms with Gasteiger partial charge in [-0.15, -0.1) is 0 Å². The molecular weight excluding hydrogens is 737 g/mol. The smallest absolute Gasteiger partial charge is 0.136 e. The molecule has 0 radical (unpaired) electrons. The SMILES string of the molecule is c1ccc(-c2ccc3c4ccccc4c4ccccc4c3c2)c(-c2ccc(-c3c4ccccc4c(-c4ccc5c(c4)oc4ccc6ccccc6c45)c4ccccc34)cc2)c1. The van der Waals surface area contributed by atoms with Gasteiger partial charge < -0.3 is 4.42 Å². The first-order chi connectivity index (χ1) is 30.3. The van der Waals surface area contributed by atoms with E-state index < -0.39 is 0 Å². The predicted molar refractivity (Wildman–Crippen MR) is 260 cm³/mol. The van der Waals surface area contributed by atoms with Gasteiger partial charge in [0.1, 0.15) is 11.2 Å². The van der Waals surface area contributed by atoms with Gasteiger partial charge in [0, 0.05) is 10.8 Å². The van der Waals surface area contributed by atoms with Gasteiger partial charge in [0.05, 0.1) is 0 Å². The molecule has 1 heteroatoms. The van der Waals surface area contributed by atoms with E-state index in [-0.39, 0.29) is 0 Å². The summed E-state index contributed by atoms with van der Waals surface area (Å²) in [7, 11) is 0. The van der Waals surface area contributed by atoms with Gasteiger partial charge in [-0.2, -0.15) is 0 Å². The molecule has 12 aromatic carbocycles. The van der Waals surface area contributed by atoms with Crippen molar-refractivity contribution in [2.75, 3.05) is 0 Å². The zero-order chi connectivity index (χ0) is 40.0. The van der Waals surface area contributed by atoms with Crippen molar-refractivity contribution in [2.45, 2.75) is 0 Å². The lowest BCUT2D eigenvalue weighted by Gasteiger charge is -2.18. The van der Waals surface area contributed by atoms with Gasteiger partial charge in [-0.05, 0) is 133 Å². The molecule has 13 aromatic rings. The Bertz CT molecular complexity index is 3830. The molecule has 0 saturated heterocycles. The Morgan fingerprint density at radius 2 is 0.656 bits per heavy atom. The molecule has 0 fully saturated rings. The van der Waals surface area contributed by atoms with Crippen molar-refractivity contribution in [3.8, 4) is 44.5 Å². The maximum absolute atomic E-state index is 6.58. The Labute approximate surface area is 352 Å². The molecule has 13 rings (SSSR count). The predicted octanol–water partition coefficient (Wildman–Crippen LogP) is 17.2. The van der Waals surface area contributed by atoms with Crippen LogP contribution in [0.3, 0.4) is 0 Å². The Balaban J connectivity index is 0.942. The van der Waals surface area contributed by atoms with Crippen molar-refractivity contribution < 1.29 is 4.42 Å². The Hall–Kier alpha value is -8.00. The minimum Gasteiger partial charge on any atom is -0.456 e. The monoisotopic (exact) mass is 772 g/mol. The second-order valence-electron chi connectivity index (χ2n) is 16.3. The molecular formula is C60H36O. The highest BCUT2D eigenvalue weighted by Crippen LogP contribution is 2.46. The molecule has 0 aliphatic rings. The minimum absolute atomic E-state index is 0.905. The molecule has 0 amide bonds. The van der Waals surface area contributed by atoms with E-state index in [0.717, 1.165) is 22.1 Å². The molecule has 1 nitrogen and oxygen atoms in total. The lowest BCUT2D eigenvalue weighted by atomic mass is 9.85. The van der Waals surface area contributed by atoms with Crippen LogP contribution in [0.25, 0.3) is 131 Å². The first-order valence-electron chi connectivity index (χ1n) is 21.1. The third kappa shape index (κ3) is 5.14. The molecule has 0 unspecified atom stereocenters. The van der Waals surface area contributed by atoms with E-state index in [4.69, 9.17) is 4.42 Å². The number of fused-ring (bicyclic) bond motifs is 13. The van der Waals surface area contributed by atoms with E-state index in [1.807, 2.05) is 0 Å². The van der Waals surface area contributed by atoms with Crippen LogP contribution < -0.4 is 0 Å². The van der Waals surface area contributed by atoms with Crippen molar-refractivity contribution in [3.63, 3.8) is 0 Å². The molecule has 0 bridgehead atoms. The van der Waals surface area contributed by atoms with Crippen LogP contribution in [0.1, 0.15) is 0 Å². The second-order valence-corrected chi connectivity index (χ2v) is 16.3. The number of furan rings is 1. The molecule has 1 heterocycles. The number of hydrogen-bond acceptors (Lipinski definition) is 1. The van der Waals surface area contributed by atoms with Gasteiger partial charge in [0.15, 0.2) is 0 Å². The average molecular weight is 773 g/mol. The summed E-state index contributed by atoms with van der Waals surface area (Å²) in [5.41, 5.74) is 11.5. The fraction of sp³-hybridized carbons (Fsp3) is 0. The third-order valence-electron chi connectivity index (χ3n) is 13.0. The summed E-state index contributed by atoms with van der Waals surface area (Å²) < 4.78 is 6.58. The highest BCUT2D eigenvalue weighted by Gasteiger charge is 2.19. The van der Waals surface area contributed by atoms with Crippen LogP contribution in [0, 0.1) is 0 Å². The summed E-state index contributed by atoms with van der Waals surface area (Å²) in [5.74, 6) is 0. The zero-order valence-corrected chi connectivity index (χ0v) is 33.2. The van der Waals surface area contributed by atoms with Crippen LogP contribution in [0.4, 0.5) is 0 Å². The highest BCUT2D eigenvalue weighted by atomic mass is 16.3. The van der Waals surface area contributed by atoms with Crippen LogP contribution in [0.15, 0.2) is 223 Å². The molecule has 61 heavy (non-hydrogen) atoms. The Morgan fingerprint density at radius 1 is 0.230 bits per heavy atom. The molecule has 0 spiro atoms. The van der Waals surface area contributed by atoms with E-state index in [0.29, 0.717) is 0 Å². The van der Waals surface area contributed by atoms with Gasteiger partial charge in [-0.25, -0.2) is 0 Å². The normalized spacial score (nSPS) is 11.9. The second kappa shape index (κ2) is 13.3. The maximum Gasteiger partial charge on any atom is 0.136 e. The van der Waals surface area contributed by atoms with Gasteiger partial charge in [-0.1, -0.05) is 194 Å².